The van der Waals surface area contributed by atoms with Crippen LogP contribution in [0, 0.1) is 0 Å². The van der Waals surface area contributed by atoms with E-state index in [9.17, 15) is 9.59 Å². The monoisotopic (exact) mass is 258 g/mol. The predicted molar refractivity (Wildman–Crippen MR) is 67.1 cm³/mol. The molecular weight excluding hydrogens is 243 g/mol. The average molecular weight is 258 g/mol. The first kappa shape index (κ1) is 15.2. The molecule has 0 N–H and O–H groups in total. The Morgan fingerprint density at radius 2 is 1.50 bits per heavy atom. The topological polar surface area (TPSA) is 52.6 Å². The number of benzene rings is 1. The van der Waals surface area contributed by atoms with Crippen molar-refractivity contribution in [1.82, 2.24) is 0 Å². The van der Waals surface area contributed by atoms with Gasteiger partial charge in [-0.1, -0.05) is 0 Å². The van der Waals surface area contributed by atoms with Gasteiger partial charge in [-0.2, -0.15) is 0 Å². The third-order valence-corrected chi connectivity index (χ3v) is 4.11. The fourth-order valence-corrected chi connectivity index (χ4v) is 2.26. The summed E-state index contributed by atoms with van der Waals surface area (Å²) in [5.41, 5.74) is 0.633. The van der Waals surface area contributed by atoms with E-state index in [1.165, 1.54) is 0 Å². The molecule has 0 saturated heterocycles. The van der Waals surface area contributed by atoms with Gasteiger partial charge in [0.25, 0.3) is 0 Å². The van der Waals surface area contributed by atoms with E-state index in [1.54, 1.807) is 38.1 Å². The number of carbonyl (C=O) groups is 2. The van der Waals surface area contributed by atoms with Crippen LogP contribution in [0.25, 0.3) is 0 Å². The number of hydrogen-bond donors (Lipinski definition) is 0. The van der Waals surface area contributed by atoms with Crippen LogP contribution in [-0.4, -0.2) is 53.1 Å². The fraction of sp³-hybridized carbons (Fsp3) is 0.385. The van der Waals surface area contributed by atoms with E-state index in [4.69, 9.17) is 9.47 Å². The second kappa shape index (κ2) is 6.92. The molecule has 0 unspecified atom stereocenters. The van der Waals surface area contributed by atoms with Crippen molar-refractivity contribution in [1.29, 1.82) is 0 Å². The molecular formula is C13H15NaO4. The van der Waals surface area contributed by atoms with Crippen LogP contribution in [0.2, 0.25) is 0 Å². The van der Waals surface area contributed by atoms with Gasteiger partial charge in [-0.05, 0) is 0 Å². The molecule has 0 amide bonds. The maximum absolute atomic E-state index is 12.1. The number of esters is 2. The van der Waals surface area contributed by atoms with Crippen molar-refractivity contribution in [3.63, 3.8) is 0 Å². The molecule has 0 atom stereocenters. The van der Waals surface area contributed by atoms with Gasteiger partial charge in [0, 0.05) is 0 Å². The van der Waals surface area contributed by atoms with Crippen molar-refractivity contribution in [3.05, 3.63) is 35.9 Å². The Morgan fingerprint density at radius 1 is 1.06 bits per heavy atom. The van der Waals surface area contributed by atoms with Gasteiger partial charge in [0.15, 0.2) is 0 Å². The summed E-state index contributed by atoms with van der Waals surface area (Å²) in [5, 5.41) is 0. The molecule has 0 heterocycles. The minimum absolute atomic E-state index is 0.245. The van der Waals surface area contributed by atoms with Crippen molar-refractivity contribution in [2.45, 2.75) is 16.5 Å². The second-order valence-electron chi connectivity index (χ2n) is 3.93. The normalized spacial score (nSPS) is 10.9. The van der Waals surface area contributed by atoms with Crippen LogP contribution in [0.1, 0.15) is 19.4 Å². The molecule has 0 aliphatic rings. The first-order valence-corrected chi connectivity index (χ1v) is 6.97. The fourth-order valence-electron chi connectivity index (χ4n) is 1.64. The third-order valence-electron chi connectivity index (χ3n) is 2.72. The van der Waals surface area contributed by atoms with Crippen LogP contribution in [0.4, 0.5) is 0 Å². The maximum atomic E-state index is 12.1. The first-order chi connectivity index (χ1) is 8.57. The molecule has 18 heavy (non-hydrogen) atoms. The Labute approximate surface area is 124 Å². The predicted octanol–water partition coefficient (Wildman–Crippen LogP) is 1.18. The van der Waals surface area contributed by atoms with Crippen molar-refractivity contribution < 1.29 is 19.1 Å². The summed E-state index contributed by atoms with van der Waals surface area (Å²) >= 11 is 0.303. The summed E-state index contributed by atoms with van der Waals surface area (Å²) in [5.74, 6) is -1.05. The van der Waals surface area contributed by atoms with E-state index >= 15 is 0 Å². The Bertz CT molecular complexity index is 398. The molecule has 0 radical (unpaired) electrons. The summed E-state index contributed by atoms with van der Waals surface area (Å²) < 4.78 is 8.78. The number of rotatable bonds is 5. The molecule has 0 spiro atoms. The standard InChI is InChI=1S/C13H15O4.Na/c1-3-16-12(14)11(13(15)17-4-2)10-8-6-5-7-9-10;/h5-9H,3-4H2,1-2H3;. The second-order valence-corrected chi connectivity index (χ2v) is 5.43. The van der Waals surface area contributed by atoms with Crippen molar-refractivity contribution >= 4 is 39.9 Å². The summed E-state index contributed by atoms with van der Waals surface area (Å²) in [6.07, 6.45) is 0. The van der Waals surface area contributed by atoms with E-state index in [1.807, 2.05) is 6.07 Å². The number of carbonyl (C=O) groups excluding carboxylic acids is 2. The van der Waals surface area contributed by atoms with Gasteiger partial charge in [0.05, 0.1) is 0 Å². The molecule has 1 rings (SSSR count). The quantitative estimate of drug-likeness (QED) is 0.452. The van der Waals surface area contributed by atoms with Gasteiger partial charge in [-0.3, -0.25) is 0 Å². The first-order valence-electron chi connectivity index (χ1n) is 5.97. The molecule has 0 aliphatic heterocycles. The molecule has 1 aromatic carbocycles. The zero-order valence-corrected chi connectivity index (χ0v) is 12.9. The molecule has 0 bridgehead atoms. The van der Waals surface area contributed by atoms with Crippen molar-refractivity contribution in [2.75, 3.05) is 13.2 Å². The summed E-state index contributed by atoms with van der Waals surface area (Å²) in [6, 6.07) is 8.92. The molecule has 4 nitrogen and oxygen atoms in total. The van der Waals surface area contributed by atoms with Crippen LogP contribution in [0.15, 0.2) is 30.3 Å². The Balaban J connectivity index is 3.17. The number of ether oxygens (including phenoxy) is 2. The van der Waals surface area contributed by atoms with Crippen LogP contribution in [-0.2, 0) is 21.7 Å². The molecule has 5 heteroatoms. The van der Waals surface area contributed by atoms with Gasteiger partial charge in [0.1, 0.15) is 0 Å². The van der Waals surface area contributed by atoms with E-state index < -0.39 is 14.6 Å². The van der Waals surface area contributed by atoms with Gasteiger partial charge in [-0.15, -0.1) is 0 Å². The van der Waals surface area contributed by atoms with Crippen LogP contribution in [0.5, 0.6) is 0 Å². The zero-order valence-electron chi connectivity index (χ0n) is 10.9. The summed E-state index contributed by atoms with van der Waals surface area (Å²) in [6.45, 7) is 3.93. The van der Waals surface area contributed by atoms with Crippen molar-refractivity contribution in [3.8, 4) is 0 Å². The molecule has 0 aliphatic carbocycles. The van der Waals surface area contributed by atoms with E-state index in [-0.39, 0.29) is 13.2 Å². The summed E-state index contributed by atoms with van der Waals surface area (Å²) in [4.78, 5) is 24.2. The molecule has 1 aromatic rings. The van der Waals surface area contributed by atoms with E-state index in [0.29, 0.717) is 33.5 Å². The van der Waals surface area contributed by atoms with Crippen molar-refractivity contribution in [2.24, 2.45) is 0 Å². The minimum atomic E-state index is -1.27. The van der Waals surface area contributed by atoms with Gasteiger partial charge in [-0.25, -0.2) is 0 Å². The molecule has 0 aromatic heterocycles. The van der Waals surface area contributed by atoms with Crippen LogP contribution < -0.4 is 0 Å². The van der Waals surface area contributed by atoms with E-state index in [0.717, 1.165) is 0 Å². The van der Waals surface area contributed by atoms with Crippen LogP contribution >= 0.6 is 0 Å². The zero-order chi connectivity index (χ0) is 13.6. The molecule has 92 valence electrons. The molecule has 0 fully saturated rings. The molecule has 0 saturated carbocycles. The SMILES string of the molecule is CCOC(=O)[C]([Na])(C(=O)OCC)c1ccccc1. The Hall–Kier alpha value is -0.840. The van der Waals surface area contributed by atoms with Crippen LogP contribution in [0.3, 0.4) is 0 Å². The van der Waals surface area contributed by atoms with E-state index in [2.05, 4.69) is 0 Å². The third kappa shape index (κ3) is 3.13. The van der Waals surface area contributed by atoms with Gasteiger partial charge < -0.3 is 0 Å². The Morgan fingerprint density at radius 3 is 1.89 bits per heavy atom. The Kier molecular flexibility index (Phi) is 5.85. The number of hydrogen-bond acceptors (Lipinski definition) is 4. The van der Waals surface area contributed by atoms with Gasteiger partial charge in [0.2, 0.25) is 0 Å². The summed E-state index contributed by atoms with van der Waals surface area (Å²) in [7, 11) is 0. The van der Waals surface area contributed by atoms with Gasteiger partial charge >= 0.3 is 125 Å². The average Bonchev–Trinajstić information content (AvgIpc) is 2.39.